The number of rotatable bonds is 7. The summed E-state index contributed by atoms with van der Waals surface area (Å²) in [6.07, 6.45) is 1.12. The Morgan fingerprint density at radius 3 is 2.35 bits per heavy atom. The molecule has 0 aliphatic heterocycles. The van der Waals surface area contributed by atoms with E-state index in [9.17, 15) is 13.2 Å². The van der Waals surface area contributed by atoms with Crippen LogP contribution in [0.5, 0.6) is 5.75 Å². The Hall–Kier alpha value is -1.60. The van der Waals surface area contributed by atoms with Gasteiger partial charge in [0.2, 0.25) is 15.9 Å². The molecule has 112 valence electrons. The SMILES string of the molecule is CCNC(=O)C[C@H](NS(C)(=O)=O)c1ccc(OC)cc1. The molecule has 0 unspecified atom stereocenters. The van der Waals surface area contributed by atoms with Crippen molar-refractivity contribution in [3.63, 3.8) is 0 Å². The second kappa shape index (κ2) is 7.25. The summed E-state index contributed by atoms with van der Waals surface area (Å²) in [5.41, 5.74) is 0.711. The number of ether oxygens (including phenoxy) is 1. The molecule has 0 aromatic heterocycles. The molecule has 0 aliphatic carbocycles. The van der Waals surface area contributed by atoms with Gasteiger partial charge in [-0.2, -0.15) is 0 Å². The predicted octanol–water partition coefficient (Wildman–Crippen LogP) is 0.812. The highest BCUT2D eigenvalue weighted by atomic mass is 32.2. The van der Waals surface area contributed by atoms with E-state index in [-0.39, 0.29) is 12.3 Å². The van der Waals surface area contributed by atoms with Crippen molar-refractivity contribution in [3.8, 4) is 5.75 Å². The van der Waals surface area contributed by atoms with Crippen molar-refractivity contribution in [1.29, 1.82) is 0 Å². The molecule has 0 spiro atoms. The second-order valence-corrected chi connectivity index (χ2v) is 6.15. The molecule has 1 rings (SSSR count). The Morgan fingerprint density at radius 2 is 1.90 bits per heavy atom. The van der Waals surface area contributed by atoms with Gasteiger partial charge in [0.25, 0.3) is 0 Å². The summed E-state index contributed by atoms with van der Waals surface area (Å²) in [6.45, 7) is 2.32. The van der Waals surface area contributed by atoms with Gasteiger partial charge in [0.15, 0.2) is 0 Å². The van der Waals surface area contributed by atoms with Crippen LogP contribution in [0.1, 0.15) is 24.9 Å². The van der Waals surface area contributed by atoms with Crippen LogP contribution >= 0.6 is 0 Å². The first-order valence-corrected chi connectivity index (χ1v) is 8.12. The smallest absolute Gasteiger partial charge is 0.221 e. The third-order valence-corrected chi connectivity index (χ3v) is 3.35. The number of carbonyl (C=O) groups excluding carboxylic acids is 1. The van der Waals surface area contributed by atoms with Gasteiger partial charge in [0, 0.05) is 13.0 Å². The first kappa shape index (κ1) is 16.5. The zero-order valence-corrected chi connectivity index (χ0v) is 12.7. The first-order chi connectivity index (χ1) is 9.35. The van der Waals surface area contributed by atoms with Crippen LogP contribution in [0.15, 0.2) is 24.3 Å². The maximum Gasteiger partial charge on any atom is 0.221 e. The highest BCUT2D eigenvalue weighted by molar-refractivity contribution is 7.88. The minimum atomic E-state index is -3.41. The Labute approximate surface area is 119 Å². The third kappa shape index (κ3) is 5.58. The molecular formula is C13H20N2O4S. The van der Waals surface area contributed by atoms with E-state index in [1.54, 1.807) is 31.4 Å². The molecule has 20 heavy (non-hydrogen) atoms. The molecular weight excluding hydrogens is 280 g/mol. The molecule has 0 aliphatic rings. The summed E-state index contributed by atoms with van der Waals surface area (Å²) >= 11 is 0. The lowest BCUT2D eigenvalue weighted by atomic mass is 10.0. The van der Waals surface area contributed by atoms with Gasteiger partial charge in [-0.3, -0.25) is 4.79 Å². The Balaban J connectivity index is 2.93. The van der Waals surface area contributed by atoms with E-state index in [1.807, 2.05) is 6.92 Å². The highest BCUT2D eigenvalue weighted by Crippen LogP contribution is 2.21. The fourth-order valence-corrected chi connectivity index (χ4v) is 2.51. The zero-order valence-electron chi connectivity index (χ0n) is 11.8. The van der Waals surface area contributed by atoms with E-state index >= 15 is 0 Å². The number of sulfonamides is 1. The van der Waals surface area contributed by atoms with Crippen LogP contribution in [-0.4, -0.2) is 34.2 Å². The van der Waals surface area contributed by atoms with E-state index in [0.29, 0.717) is 17.9 Å². The van der Waals surface area contributed by atoms with Gasteiger partial charge in [-0.25, -0.2) is 13.1 Å². The lowest BCUT2D eigenvalue weighted by Gasteiger charge is -2.17. The number of amides is 1. The van der Waals surface area contributed by atoms with Crippen LogP contribution < -0.4 is 14.8 Å². The second-order valence-electron chi connectivity index (χ2n) is 4.37. The van der Waals surface area contributed by atoms with Crippen molar-refractivity contribution in [2.45, 2.75) is 19.4 Å². The molecule has 1 atom stereocenters. The van der Waals surface area contributed by atoms with E-state index in [2.05, 4.69) is 10.0 Å². The number of hydrogen-bond donors (Lipinski definition) is 2. The van der Waals surface area contributed by atoms with E-state index in [4.69, 9.17) is 4.74 Å². The maximum absolute atomic E-state index is 11.7. The van der Waals surface area contributed by atoms with Crippen LogP contribution in [0.2, 0.25) is 0 Å². The van der Waals surface area contributed by atoms with Crippen molar-refractivity contribution >= 4 is 15.9 Å². The molecule has 0 saturated heterocycles. The zero-order chi connectivity index (χ0) is 15.2. The van der Waals surface area contributed by atoms with Gasteiger partial charge in [-0.15, -0.1) is 0 Å². The molecule has 0 heterocycles. The van der Waals surface area contributed by atoms with Gasteiger partial charge >= 0.3 is 0 Å². The Kier molecular flexibility index (Phi) is 5.97. The summed E-state index contributed by atoms with van der Waals surface area (Å²) < 4.78 is 30.3. The number of benzene rings is 1. The Morgan fingerprint density at radius 1 is 1.30 bits per heavy atom. The van der Waals surface area contributed by atoms with Crippen molar-refractivity contribution in [1.82, 2.24) is 10.0 Å². The summed E-state index contributed by atoms with van der Waals surface area (Å²) in [5.74, 6) is 0.467. The third-order valence-electron chi connectivity index (χ3n) is 2.64. The quantitative estimate of drug-likeness (QED) is 0.780. The fraction of sp³-hybridized carbons (Fsp3) is 0.462. The first-order valence-electron chi connectivity index (χ1n) is 6.23. The summed E-state index contributed by atoms with van der Waals surface area (Å²) in [6, 6.07) is 6.33. The van der Waals surface area contributed by atoms with Gasteiger partial charge in [-0.05, 0) is 24.6 Å². The predicted molar refractivity (Wildman–Crippen MR) is 77.0 cm³/mol. The van der Waals surface area contributed by atoms with E-state index in [0.717, 1.165) is 6.26 Å². The van der Waals surface area contributed by atoms with Crippen molar-refractivity contribution in [2.75, 3.05) is 19.9 Å². The minimum Gasteiger partial charge on any atom is -0.497 e. The number of hydrogen-bond acceptors (Lipinski definition) is 4. The molecule has 1 aromatic carbocycles. The van der Waals surface area contributed by atoms with Gasteiger partial charge < -0.3 is 10.1 Å². The average Bonchev–Trinajstić information content (AvgIpc) is 2.37. The lowest BCUT2D eigenvalue weighted by molar-refractivity contribution is -0.121. The van der Waals surface area contributed by atoms with Gasteiger partial charge in [-0.1, -0.05) is 12.1 Å². The van der Waals surface area contributed by atoms with Crippen molar-refractivity contribution < 1.29 is 17.9 Å². The molecule has 1 amide bonds. The standard InChI is InChI=1S/C13H20N2O4S/c1-4-14-13(16)9-12(15-20(3,17)18)10-5-7-11(19-2)8-6-10/h5-8,12,15H,4,9H2,1-3H3,(H,14,16)/t12-/m0/s1. The average molecular weight is 300 g/mol. The normalized spacial score (nSPS) is 12.8. The van der Waals surface area contributed by atoms with Crippen molar-refractivity contribution in [3.05, 3.63) is 29.8 Å². The van der Waals surface area contributed by atoms with E-state index < -0.39 is 16.1 Å². The van der Waals surface area contributed by atoms with Crippen molar-refractivity contribution in [2.24, 2.45) is 0 Å². The molecule has 7 heteroatoms. The number of methoxy groups -OCH3 is 1. The molecule has 1 aromatic rings. The molecule has 6 nitrogen and oxygen atoms in total. The summed E-state index contributed by atoms with van der Waals surface area (Å²) in [7, 11) is -1.86. The molecule has 0 fully saturated rings. The highest BCUT2D eigenvalue weighted by Gasteiger charge is 2.19. The molecule has 2 N–H and O–H groups in total. The topological polar surface area (TPSA) is 84.5 Å². The van der Waals surface area contributed by atoms with Crippen LogP contribution in [0.3, 0.4) is 0 Å². The fourth-order valence-electron chi connectivity index (χ4n) is 1.78. The van der Waals surface area contributed by atoms with Gasteiger partial charge in [0.1, 0.15) is 5.75 Å². The van der Waals surface area contributed by atoms with E-state index in [1.165, 1.54) is 0 Å². The van der Waals surface area contributed by atoms with Crippen LogP contribution in [0, 0.1) is 0 Å². The molecule has 0 saturated carbocycles. The number of nitrogens with one attached hydrogen (secondary N) is 2. The van der Waals surface area contributed by atoms with Crippen LogP contribution in [0.4, 0.5) is 0 Å². The van der Waals surface area contributed by atoms with Gasteiger partial charge in [0.05, 0.1) is 19.4 Å². The lowest BCUT2D eigenvalue weighted by Crippen LogP contribution is -2.33. The monoisotopic (exact) mass is 300 g/mol. The minimum absolute atomic E-state index is 0.0488. The Bertz CT molecular complexity index is 540. The number of carbonyl (C=O) groups is 1. The summed E-state index contributed by atoms with van der Waals surface area (Å²) in [5, 5.41) is 2.66. The van der Waals surface area contributed by atoms with Crippen LogP contribution in [-0.2, 0) is 14.8 Å². The molecule has 0 bridgehead atoms. The van der Waals surface area contributed by atoms with Crippen LogP contribution in [0.25, 0.3) is 0 Å². The summed E-state index contributed by atoms with van der Waals surface area (Å²) in [4.78, 5) is 11.7. The maximum atomic E-state index is 11.7. The largest absolute Gasteiger partial charge is 0.497 e. The molecule has 0 radical (unpaired) electrons.